The van der Waals surface area contributed by atoms with Crippen molar-refractivity contribution in [3.63, 3.8) is 0 Å². The number of nitrogen functional groups attached to an aromatic ring is 1. The van der Waals surface area contributed by atoms with Gasteiger partial charge in [0.15, 0.2) is 0 Å². The smallest absolute Gasteiger partial charge is 0.406 e. The van der Waals surface area contributed by atoms with Gasteiger partial charge >= 0.3 is 6.36 Å². The standard InChI is InChI=1S/C20H23F3N2O/c1-5-13(2)12-25(4)19-11-16(24)10-18(14(19)3)15-6-8-17(9-7-15)26-20(21,22)23/h6-12H,5,24H2,1-4H3/b13-12+. The lowest BCUT2D eigenvalue weighted by atomic mass is 9.97. The van der Waals surface area contributed by atoms with Gasteiger partial charge in [0, 0.05) is 24.6 Å². The fraction of sp³-hybridized carbons (Fsp3) is 0.300. The van der Waals surface area contributed by atoms with E-state index in [2.05, 4.69) is 18.6 Å². The van der Waals surface area contributed by atoms with Crippen LogP contribution in [0.5, 0.6) is 5.75 Å². The average Bonchev–Trinajstić information content (AvgIpc) is 2.55. The summed E-state index contributed by atoms with van der Waals surface area (Å²) in [4.78, 5) is 2.01. The van der Waals surface area contributed by atoms with Crippen molar-refractivity contribution in [2.24, 2.45) is 0 Å². The van der Waals surface area contributed by atoms with Gasteiger partial charge in [-0.15, -0.1) is 13.2 Å². The van der Waals surface area contributed by atoms with Crippen LogP contribution in [0, 0.1) is 6.92 Å². The highest BCUT2D eigenvalue weighted by molar-refractivity contribution is 5.79. The van der Waals surface area contributed by atoms with Crippen LogP contribution < -0.4 is 15.4 Å². The van der Waals surface area contributed by atoms with Gasteiger partial charge in [-0.2, -0.15) is 0 Å². The van der Waals surface area contributed by atoms with Gasteiger partial charge < -0.3 is 15.4 Å². The van der Waals surface area contributed by atoms with Gasteiger partial charge in [0.25, 0.3) is 0 Å². The molecule has 0 spiro atoms. The number of rotatable bonds is 5. The quantitative estimate of drug-likeness (QED) is 0.672. The van der Waals surface area contributed by atoms with E-state index in [1.807, 2.05) is 37.2 Å². The normalized spacial score (nSPS) is 12.2. The first-order chi connectivity index (χ1) is 12.1. The van der Waals surface area contributed by atoms with Gasteiger partial charge in [0.05, 0.1) is 0 Å². The second-order valence-corrected chi connectivity index (χ2v) is 6.22. The van der Waals surface area contributed by atoms with E-state index in [4.69, 9.17) is 5.73 Å². The summed E-state index contributed by atoms with van der Waals surface area (Å²) in [5.41, 5.74) is 11.5. The molecule has 3 nitrogen and oxygen atoms in total. The van der Waals surface area contributed by atoms with Crippen LogP contribution in [0.3, 0.4) is 0 Å². The number of alkyl halides is 3. The van der Waals surface area contributed by atoms with E-state index in [-0.39, 0.29) is 5.75 Å². The van der Waals surface area contributed by atoms with Gasteiger partial charge in [0.2, 0.25) is 0 Å². The largest absolute Gasteiger partial charge is 0.573 e. The van der Waals surface area contributed by atoms with Gasteiger partial charge in [0.1, 0.15) is 5.75 Å². The molecule has 0 heterocycles. The number of hydrogen-bond donors (Lipinski definition) is 1. The summed E-state index contributed by atoms with van der Waals surface area (Å²) in [5.74, 6) is -0.248. The molecule has 0 saturated heterocycles. The zero-order valence-electron chi connectivity index (χ0n) is 15.3. The molecule has 0 aliphatic rings. The predicted octanol–water partition coefficient (Wildman–Crippen LogP) is 5.89. The van der Waals surface area contributed by atoms with Crippen molar-refractivity contribution in [2.75, 3.05) is 17.7 Å². The van der Waals surface area contributed by atoms with Crippen molar-refractivity contribution in [2.45, 2.75) is 33.6 Å². The highest BCUT2D eigenvalue weighted by Crippen LogP contribution is 2.35. The fourth-order valence-electron chi connectivity index (χ4n) is 2.71. The van der Waals surface area contributed by atoms with Crippen LogP contribution in [0.1, 0.15) is 25.8 Å². The molecule has 0 atom stereocenters. The lowest BCUT2D eigenvalue weighted by Crippen LogP contribution is -2.16. The summed E-state index contributed by atoms with van der Waals surface area (Å²) in [7, 11) is 1.95. The van der Waals surface area contributed by atoms with Crippen LogP contribution in [0.4, 0.5) is 24.5 Å². The van der Waals surface area contributed by atoms with E-state index < -0.39 is 6.36 Å². The second-order valence-electron chi connectivity index (χ2n) is 6.22. The van der Waals surface area contributed by atoms with E-state index in [1.165, 1.54) is 17.7 Å². The van der Waals surface area contributed by atoms with Crippen LogP contribution in [-0.4, -0.2) is 13.4 Å². The number of halogens is 3. The Hall–Kier alpha value is -2.63. The van der Waals surface area contributed by atoms with Crippen molar-refractivity contribution < 1.29 is 17.9 Å². The zero-order chi connectivity index (χ0) is 19.5. The van der Waals surface area contributed by atoms with Crippen LogP contribution >= 0.6 is 0 Å². The number of anilines is 2. The van der Waals surface area contributed by atoms with Crippen LogP contribution in [0.25, 0.3) is 11.1 Å². The van der Waals surface area contributed by atoms with Crippen molar-refractivity contribution in [3.05, 3.63) is 53.7 Å². The third kappa shape index (κ3) is 4.94. The lowest BCUT2D eigenvalue weighted by Gasteiger charge is -2.21. The summed E-state index contributed by atoms with van der Waals surface area (Å²) < 4.78 is 40.8. The molecular weight excluding hydrogens is 341 g/mol. The molecule has 0 fully saturated rings. The summed E-state index contributed by atoms with van der Waals surface area (Å²) in [5, 5.41) is 0. The maximum atomic E-state index is 12.3. The first kappa shape index (κ1) is 19.7. The topological polar surface area (TPSA) is 38.5 Å². The minimum atomic E-state index is -4.70. The number of benzene rings is 2. The summed E-state index contributed by atoms with van der Waals surface area (Å²) in [6.07, 6.45) is -1.71. The van der Waals surface area contributed by atoms with Crippen molar-refractivity contribution in [1.29, 1.82) is 0 Å². The number of hydrogen-bond acceptors (Lipinski definition) is 3. The van der Waals surface area contributed by atoms with Crippen molar-refractivity contribution in [3.8, 4) is 16.9 Å². The maximum absolute atomic E-state index is 12.3. The van der Waals surface area contributed by atoms with Gasteiger partial charge in [-0.25, -0.2) is 0 Å². The molecule has 0 amide bonds. The Morgan fingerprint density at radius 1 is 1.19 bits per heavy atom. The Bertz CT molecular complexity index is 796. The molecule has 0 aliphatic heterocycles. The monoisotopic (exact) mass is 364 g/mol. The SMILES string of the molecule is CC/C(C)=C/N(C)c1cc(N)cc(-c2ccc(OC(F)(F)F)cc2)c1C. The van der Waals surface area contributed by atoms with Crippen LogP contribution in [0.15, 0.2) is 48.2 Å². The Balaban J connectivity index is 2.41. The van der Waals surface area contributed by atoms with Crippen molar-refractivity contribution in [1.82, 2.24) is 0 Å². The highest BCUT2D eigenvalue weighted by atomic mass is 19.4. The molecular formula is C20H23F3N2O. The van der Waals surface area contributed by atoms with Crippen LogP contribution in [0.2, 0.25) is 0 Å². The molecule has 6 heteroatoms. The lowest BCUT2D eigenvalue weighted by molar-refractivity contribution is -0.274. The predicted molar refractivity (Wildman–Crippen MR) is 100 cm³/mol. The van der Waals surface area contributed by atoms with E-state index >= 15 is 0 Å². The Morgan fingerprint density at radius 3 is 2.35 bits per heavy atom. The van der Waals surface area contributed by atoms with Gasteiger partial charge in [-0.05, 0) is 61.2 Å². The van der Waals surface area contributed by atoms with Crippen molar-refractivity contribution >= 4 is 11.4 Å². The number of nitrogens with two attached hydrogens (primary N) is 1. The van der Waals surface area contributed by atoms with E-state index in [0.717, 1.165) is 28.8 Å². The first-order valence-corrected chi connectivity index (χ1v) is 8.27. The third-order valence-electron chi connectivity index (χ3n) is 4.15. The molecule has 2 aromatic rings. The van der Waals surface area contributed by atoms with E-state index in [9.17, 15) is 13.2 Å². The first-order valence-electron chi connectivity index (χ1n) is 8.27. The maximum Gasteiger partial charge on any atom is 0.573 e. The summed E-state index contributed by atoms with van der Waals surface area (Å²) in [6.45, 7) is 6.11. The number of nitrogens with zero attached hydrogens (tertiary/aromatic N) is 1. The molecule has 2 aromatic carbocycles. The molecule has 0 unspecified atom stereocenters. The molecule has 26 heavy (non-hydrogen) atoms. The van der Waals surface area contributed by atoms with Gasteiger partial charge in [-0.3, -0.25) is 0 Å². The van der Waals surface area contributed by atoms with Gasteiger partial charge in [-0.1, -0.05) is 24.6 Å². The summed E-state index contributed by atoms with van der Waals surface area (Å²) in [6, 6.07) is 9.51. The molecule has 0 aliphatic carbocycles. The van der Waals surface area contributed by atoms with Crippen LogP contribution in [-0.2, 0) is 0 Å². The van der Waals surface area contributed by atoms with E-state index in [1.54, 1.807) is 12.1 Å². The Kier molecular flexibility index (Phi) is 5.85. The molecule has 0 saturated carbocycles. The fourth-order valence-corrected chi connectivity index (χ4v) is 2.71. The average molecular weight is 364 g/mol. The molecule has 140 valence electrons. The highest BCUT2D eigenvalue weighted by Gasteiger charge is 2.31. The molecule has 0 radical (unpaired) electrons. The molecule has 0 aromatic heterocycles. The second kappa shape index (κ2) is 7.72. The summed E-state index contributed by atoms with van der Waals surface area (Å²) >= 11 is 0. The Morgan fingerprint density at radius 2 is 1.81 bits per heavy atom. The third-order valence-corrected chi connectivity index (χ3v) is 4.15. The minimum absolute atomic E-state index is 0.248. The molecule has 2 N–H and O–H groups in total. The number of ether oxygens (including phenoxy) is 1. The molecule has 2 rings (SSSR count). The van der Waals surface area contributed by atoms with E-state index in [0.29, 0.717) is 5.69 Å². The Labute approximate surface area is 151 Å². The zero-order valence-corrected chi connectivity index (χ0v) is 15.3. The molecule has 0 bridgehead atoms. The number of allylic oxidation sites excluding steroid dienone is 1. The minimum Gasteiger partial charge on any atom is -0.406 e.